The maximum Gasteiger partial charge on any atom is 0.300 e. The average Bonchev–Trinajstić information content (AvgIpc) is 3.73. The van der Waals surface area contributed by atoms with Gasteiger partial charge in [0.05, 0.1) is 24.1 Å². The van der Waals surface area contributed by atoms with Crippen molar-refractivity contribution < 1.29 is 43.1 Å². The lowest BCUT2D eigenvalue weighted by molar-refractivity contribution is -0.186. The van der Waals surface area contributed by atoms with Crippen LogP contribution in [0.15, 0.2) is 84.9 Å². The summed E-state index contributed by atoms with van der Waals surface area (Å²) in [4.78, 5) is 37.7. The van der Waals surface area contributed by atoms with Crippen molar-refractivity contribution in [3.05, 3.63) is 119 Å². The number of aliphatic carboxylic acids is 1. The van der Waals surface area contributed by atoms with Gasteiger partial charge < -0.3 is 9.84 Å². The van der Waals surface area contributed by atoms with Crippen LogP contribution >= 0.6 is 0 Å². The molecule has 0 bridgehead atoms. The lowest BCUT2D eigenvalue weighted by Crippen LogP contribution is -2.33. The number of carboxylic acids is 1. The molecule has 270 valence electrons. The number of carboxylic acid groups (broad SMARTS) is 1. The fourth-order valence-electron chi connectivity index (χ4n) is 5.04. The van der Waals surface area contributed by atoms with Gasteiger partial charge in [-0.2, -0.15) is 0 Å². The highest BCUT2D eigenvalue weighted by molar-refractivity contribution is 5.93. The molecular weight excluding hydrogens is 682 g/mol. The van der Waals surface area contributed by atoms with Gasteiger partial charge in [-0.15, -0.1) is 10.2 Å². The molecule has 1 unspecified atom stereocenters. The molecule has 1 atom stereocenters. The minimum atomic E-state index is -0.833. The Morgan fingerprint density at radius 1 is 0.788 bits per heavy atom. The zero-order valence-corrected chi connectivity index (χ0v) is 27.8. The standard InChI is InChI=1S/C19H19FN4O3.C14H11FN4O2.C2H4O2/c20-15-8-9-17-16(11-15)21-23-24(17)12-13-4-6-14(7-5-13)19(25)22-27-18-3-1-2-10-26-18;15-11-5-6-13-12(7-11)16-18-19(13)8-9-1-3-10(4-2-9)14(20)17-21;1-2(3)4/h4-9,11,18H,1-3,10,12H2,(H,22,25);1-7,21H,8H2,(H,17,20);1H3,(H,3,4). The predicted molar refractivity (Wildman–Crippen MR) is 181 cm³/mol. The lowest BCUT2D eigenvalue weighted by atomic mass is 10.1. The summed E-state index contributed by atoms with van der Waals surface area (Å²) in [6, 6.07) is 22.5. The molecule has 6 aromatic rings. The molecule has 0 spiro atoms. The largest absolute Gasteiger partial charge is 0.481 e. The molecule has 4 aromatic carbocycles. The Bertz CT molecular complexity index is 2130. The van der Waals surface area contributed by atoms with E-state index in [1.165, 1.54) is 24.3 Å². The van der Waals surface area contributed by atoms with Crippen LogP contribution in [0.1, 0.15) is 58.0 Å². The summed E-state index contributed by atoms with van der Waals surface area (Å²) in [6.45, 7) is 2.65. The minimum Gasteiger partial charge on any atom is -0.481 e. The molecule has 52 heavy (non-hydrogen) atoms. The first-order valence-electron chi connectivity index (χ1n) is 16.0. The number of halogens is 2. The zero-order valence-electron chi connectivity index (χ0n) is 27.8. The molecule has 0 radical (unpaired) electrons. The van der Waals surface area contributed by atoms with Gasteiger partial charge in [0.2, 0.25) is 0 Å². The fourth-order valence-corrected chi connectivity index (χ4v) is 5.04. The highest BCUT2D eigenvalue weighted by Crippen LogP contribution is 2.17. The molecule has 2 amide bonds. The van der Waals surface area contributed by atoms with Crippen molar-refractivity contribution in [2.45, 2.75) is 45.6 Å². The summed E-state index contributed by atoms with van der Waals surface area (Å²) >= 11 is 0. The van der Waals surface area contributed by atoms with Gasteiger partial charge in [-0.1, -0.05) is 34.7 Å². The van der Waals surface area contributed by atoms with E-state index in [-0.39, 0.29) is 23.8 Å². The SMILES string of the molecule is CC(=O)O.O=C(NO)c1ccc(Cn2nnc3cc(F)ccc32)cc1.O=C(NOC1CCCCO1)c1ccc(Cn2nnc3cc(F)ccc32)cc1. The summed E-state index contributed by atoms with van der Waals surface area (Å²) < 4.78 is 35.1. The molecule has 17 heteroatoms. The Balaban J connectivity index is 0.000000187. The van der Waals surface area contributed by atoms with Gasteiger partial charge in [-0.3, -0.25) is 19.6 Å². The van der Waals surface area contributed by atoms with Crippen molar-refractivity contribution in [1.82, 2.24) is 40.9 Å². The Labute approximate surface area is 294 Å². The van der Waals surface area contributed by atoms with Crippen molar-refractivity contribution in [2.75, 3.05) is 6.61 Å². The fraction of sp³-hybridized carbons (Fsp3) is 0.229. The molecule has 1 aliphatic rings. The second kappa shape index (κ2) is 17.7. The predicted octanol–water partition coefficient (Wildman–Crippen LogP) is 4.64. The first-order valence-corrected chi connectivity index (χ1v) is 16.0. The molecule has 1 aliphatic heterocycles. The van der Waals surface area contributed by atoms with E-state index < -0.39 is 11.9 Å². The Hall–Kier alpha value is -6.17. The number of hydrogen-bond donors (Lipinski definition) is 4. The number of aromatic nitrogens is 6. The van der Waals surface area contributed by atoms with Crippen molar-refractivity contribution in [1.29, 1.82) is 0 Å². The van der Waals surface area contributed by atoms with Crippen LogP contribution in [0, 0.1) is 11.6 Å². The summed E-state index contributed by atoms with van der Waals surface area (Å²) in [7, 11) is 0. The summed E-state index contributed by atoms with van der Waals surface area (Å²) in [5, 5.41) is 31.9. The van der Waals surface area contributed by atoms with E-state index in [2.05, 4.69) is 26.1 Å². The zero-order chi connectivity index (χ0) is 37.0. The second-order valence-corrected chi connectivity index (χ2v) is 11.5. The van der Waals surface area contributed by atoms with E-state index in [0.29, 0.717) is 41.9 Å². The molecule has 0 saturated carbocycles. The first kappa shape index (κ1) is 37.1. The van der Waals surface area contributed by atoms with E-state index in [9.17, 15) is 18.4 Å². The van der Waals surface area contributed by atoms with Gasteiger partial charge in [0.1, 0.15) is 22.7 Å². The van der Waals surface area contributed by atoms with Crippen LogP contribution in [-0.2, 0) is 27.5 Å². The van der Waals surface area contributed by atoms with E-state index in [1.807, 2.05) is 12.1 Å². The number of fused-ring (bicyclic) bond motifs is 2. The highest BCUT2D eigenvalue weighted by Gasteiger charge is 2.16. The Morgan fingerprint density at radius 2 is 1.27 bits per heavy atom. The average molecular weight is 717 g/mol. The molecule has 1 fully saturated rings. The third-order valence-corrected chi connectivity index (χ3v) is 7.57. The molecule has 3 heterocycles. The van der Waals surface area contributed by atoms with Crippen molar-refractivity contribution in [3.63, 3.8) is 0 Å². The number of carbonyl (C=O) groups is 3. The number of carbonyl (C=O) groups excluding carboxylic acids is 2. The van der Waals surface area contributed by atoms with Gasteiger partial charge in [-0.25, -0.2) is 33.9 Å². The number of nitrogens with one attached hydrogen (secondary N) is 2. The monoisotopic (exact) mass is 716 g/mol. The van der Waals surface area contributed by atoms with E-state index in [4.69, 9.17) is 24.7 Å². The summed E-state index contributed by atoms with van der Waals surface area (Å²) in [6.07, 6.45) is 2.44. The van der Waals surface area contributed by atoms with Gasteiger partial charge in [-0.05, 0) is 72.5 Å². The number of ether oxygens (including phenoxy) is 1. The Kier molecular flexibility index (Phi) is 12.6. The third kappa shape index (κ3) is 10.2. The molecule has 4 N–H and O–H groups in total. The normalized spacial score (nSPS) is 13.7. The number of benzene rings is 4. The molecule has 0 aliphatic carbocycles. The van der Waals surface area contributed by atoms with Gasteiger partial charge in [0.25, 0.3) is 17.8 Å². The summed E-state index contributed by atoms with van der Waals surface area (Å²) in [5.74, 6) is -2.42. The van der Waals surface area contributed by atoms with Crippen LogP contribution in [0.4, 0.5) is 8.78 Å². The third-order valence-electron chi connectivity index (χ3n) is 7.57. The van der Waals surface area contributed by atoms with Crippen LogP contribution in [0.2, 0.25) is 0 Å². The Morgan fingerprint density at radius 3 is 1.71 bits per heavy atom. The maximum absolute atomic E-state index is 13.2. The summed E-state index contributed by atoms with van der Waals surface area (Å²) in [5.41, 5.74) is 9.18. The molecule has 7 rings (SSSR count). The van der Waals surface area contributed by atoms with Gasteiger partial charge in [0.15, 0.2) is 6.29 Å². The van der Waals surface area contributed by atoms with Crippen LogP contribution in [0.3, 0.4) is 0 Å². The number of rotatable bonds is 8. The minimum absolute atomic E-state index is 0.322. The number of nitrogens with zero attached hydrogens (tertiary/aromatic N) is 6. The van der Waals surface area contributed by atoms with Crippen LogP contribution in [0.25, 0.3) is 22.1 Å². The van der Waals surface area contributed by atoms with Crippen LogP contribution < -0.4 is 11.0 Å². The first-order chi connectivity index (χ1) is 25.1. The van der Waals surface area contributed by atoms with Crippen molar-refractivity contribution in [2.24, 2.45) is 0 Å². The van der Waals surface area contributed by atoms with Crippen LogP contribution in [0.5, 0.6) is 0 Å². The van der Waals surface area contributed by atoms with Crippen molar-refractivity contribution in [3.8, 4) is 0 Å². The molecular formula is C35H34F2N8O7. The molecule has 15 nitrogen and oxygen atoms in total. The number of hydrogen-bond acceptors (Lipinski definition) is 10. The lowest BCUT2D eigenvalue weighted by Gasteiger charge is -2.22. The smallest absolute Gasteiger partial charge is 0.300 e. The van der Waals surface area contributed by atoms with Crippen molar-refractivity contribution >= 4 is 39.9 Å². The quantitative estimate of drug-likeness (QED) is 0.127. The van der Waals surface area contributed by atoms with E-state index in [0.717, 1.165) is 48.3 Å². The highest BCUT2D eigenvalue weighted by atomic mass is 19.1. The molecule has 1 saturated heterocycles. The van der Waals surface area contributed by atoms with Crippen LogP contribution in [-0.4, -0.2) is 71.0 Å². The van der Waals surface area contributed by atoms with Gasteiger partial charge in [0, 0.05) is 43.2 Å². The topological polar surface area (TPSA) is 196 Å². The number of amides is 2. The van der Waals surface area contributed by atoms with Gasteiger partial charge >= 0.3 is 0 Å². The van der Waals surface area contributed by atoms with E-state index >= 15 is 0 Å². The second-order valence-electron chi connectivity index (χ2n) is 11.5. The molecule has 2 aromatic heterocycles. The number of hydroxylamine groups is 2. The maximum atomic E-state index is 13.2. The van der Waals surface area contributed by atoms with E-state index in [1.54, 1.807) is 63.4 Å².